The van der Waals surface area contributed by atoms with Gasteiger partial charge in [-0.25, -0.2) is 0 Å². The minimum atomic E-state index is -0.0783. The highest BCUT2D eigenvalue weighted by molar-refractivity contribution is 5.59. The zero-order chi connectivity index (χ0) is 20.8. The predicted molar refractivity (Wildman–Crippen MR) is 122 cm³/mol. The summed E-state index contributed by atoms with van der Waals surface area (Å²) >= 11 is 0. The van der Waals surface area contributed by atoms with Gasteiger partial charge in [-0.3, -0.25) is 0 Å². The molecule has 0 bridgehead atoms. The molecule has 0 aromatic carbocycles. The second-order valence-corrected chi connectivity index (χ2v) is 11.0. The number of fused-ring (bicyclic) bond motifs is 5. The molecule has 4 rings (SSSR count). The van der Waals surface area contributed by atoms with Gasteiger partial charge in [0.15, 0.2) is 0 Å². The van der Waals surface area contributed by atoms with Crippen LogP contribution in [0, 0.1) is 40.4 Å². The molecule has 0 heterocycles. The van der Waals surface area contributed by atoms with E-state index in [1.807, 2.05) is 6.92 Å². The number of carbonyl (C=O) groups excluding carboxylic acids is 1. The summed E-state index contributed by atoms with van der Waals surface area (Å²) in [7, 11) is 0. The Morgan fingerprint density at radius 1 is 1.10 bits per heavy atom. The first-order chi connectivity index (χ1) is 13.8. The maximum atomic E-state index is 11.0. The summed E-state index contributed by atoms with van der Waals surface area (Å²) in [4.78, 5) is 11.0. The van der Waals surface area contributed by atoms with Gasteiger partial charge in [0.05, 0.1) is 0 Å². The molecule has 158 valence electrons. The fraction of sp³-hybridized carbons (Fsp3) is 0.679. The van der Waals surface area contributed by atoms with Gasteiger partial charge in [0.1, 0.15) is 6.29 Å². The Morgan fingerprint density at radius 3 is 2.66 bits per heavy atom. The minimum Gasteiger partial charge on any atom is -0.303 e. The Hall–Kier alpha value is -1.37. The van der Waals surface area contributed by atoms with Crippen molar-refractivity contribution in [2.75, 3.05) is 0 Å². The summed E-state index contributed by atoms with van der Waals surface area (Å²) in [6.07, 6.45) is 21.5. The molecule has 0 N–H and O–H groups in total. The maximum absolute atomic E-state index is 11.0. The van der Waals surface area contributed by atoms with Gasteiger partial charge >= 0.3 is 0 Å². The third-order valence-corrected chi connectivity index (χ3v) is 9.60. The molecule has 0 aromatic rings. The zero-order valence-corrected chi connectivity index (χ0v) is 19.0. The molecule has 4 aliphatic rings. The van der Waals surface area contributed by atoms with Crippen LogP contribution in [0.15, 0.2) is 47.6 Å². The molecular formula is C28H40O. The second kappa shape index (κ2) is 7.71. The highest BCUT2D eigenvalue weighted by Gasteiger charge is 2.56. The van der Waals surface area contributed by atoms with E-state index in [0.29, 0.717) is 16.7 Å². The van der Waals surface area contributed by atoms with Gasteiger partial charge in [0, 0.05) is 5.92 Å². The topological polar surface area (TPSA) is 17.1 Å². The number of allylic oxidation sites excluding steroid dienone is 7. The predicted octanol–water partition coefficient (Wildman–Crippen LogP) is 7.46. The standard InChI is InChI=1S/C28H40O/c1-19(21(3)18-29)9-10-20(2)24-13-14-25-23-12-11-22-8-6-7-16-27(22,4)26(23)15-17-28(24,25)5/h9-12,18,20-21,24-26H,1,6-8,13-17H2,2-5H3/t20-,21?,24-,25+,26+,27+,28-/m1/s1. The SMILES string of the molecule is C=C(C=C[C@@H](C)[C@H]1CC[C@H]2C3=CC=C4CCCC[C@]4(C)[C@H]3CC[C@]12C)C(C)C=O. The molecule has 4 aliphatic carbocycles. The van der Waals surface area contributed by atoms with Gasteiger partial charge in [0.2, 0.25) is 0 Å². The fourth-order valence-electron chi connectivity index (χ4n) is 7.59. The van der Waals surface area contributed by atoms with Crippen LogP contribution in [0.25, 0.3) is 0 Å². The lowest BCUT2D eigenvalue weighted by molar-refractivity contribution is -0.109. The molecular weight excluding hydrogens is 352 g/mol. The molecule has 0 aliphatic heterocycles. The van der Waals surface area contributed by atoms with Crippen LogP contribution in [-0.4, -0.2) is 6.29 Å². The largest absolute Gasteiger partial charge is 0.303 e. The maximum Gasteiger partial charge on any atom is 0.127 e. The van der Waals surface area contributed by atoms with Crippen molar-refractivity contribution in [3.8, 4) is 0 Å². The summed E-state index contributed by atoms with van der Waals surface area (Å²) in [5.74, 6) is 2.74. The van der Waals surface area contributed by atoms with Crippen LogP contribution in [0.1, 0.15) is 79.1 Å². The number of aldehydes is 1. The van der Waals surface area contributed by atoms with Crippen molar-refractivity contribution in [2.24, 2.45) is 40.4 Å². The Balaban J connectivity index is 1.55. The van der Waals surface area contributed by atoms with Crippen molar-refractivity contribution < 1.29 is 4.79 Å². The van der Waals surface area contributed by atoms with Crippen molar-refractivity contribution in [1.82, 2.24) is 0 Å². The average Bonchev–Trinajstić information content (AvgIpc) is 3.08. The normalized spacial score (nSPS) is 40.9. The lowest BCUT2D eigenvalue weighted by Gasteiger charge is -2.54. The van der Waals surface area contributed by atoms with E-state index in [9.17, 15) is 4.79 Å². The molecule has 1 heteroatoms. The average molecular weight is 393 g/mol. The molecule has 3 fully saturated rings. The van der Waals surface area contributed by atoms with Crippen LogP contribution in [-0.2, 0) is 4.79 Å². The van der Waals surface area contributed by atoms with E-state index in [0.717, 1.165) is 29.6 Å². The zero-order valence-electron chi connectivity index (χ0n) is 19.0. The quantitative estimate of drug-likeness (QED) is 0.350. The monoisotopic (exact) mass is 392 g/mol. The molecule has 1 unspecified atom stereocenters. The first-order valence-electron chi connectivity index (χ1n) is 12.0. The molecule has 7 atom stereocenters. The van der Waals surface area contributed by atoms with E-state index in [2.05, 4.69) is 51.7 Å². The Morgan fingerprint density at radius 2 is 1.90 bits per heavy atom. The van der Waals surface area contributed by atoms with Crippen LogP contribution < -0.4 is 0 Å². The summed E-state index contributed by atoms with van der Waals surface area (Å²) in [6.45, 7) is 13.6. The molecule has 0 aromatic heterocycles. The number of carbonyl (C=O) groups is 1. The molecule has 1 nitrogen and oxygen atoms in total. The number of hydrogen-bond donors (Lipinski definition) is 0. The molecule has 0 amide bonds. The van der Waals surface area contributed by atoms with Crippen molar-refractivity contribution in [1.29, 1.82) is 0 Å². The van der Waals surface area contributed by atoms with Crippen molar-refractivity contribution in [3.05, 3.63) is 47.6 Å². The summed E-state index contributed by atoms with van der Waals surface area (Å²) in [6, 6.07) is 0. The van der Waals surface area contributed by atoms with Gasteiger partial charge in [-0.05, 0) is 85.0 Å². The van der Waals surface area contributed by atoms with Gasteiger partial charge in [-0.2, -0.15) is 0 Å². The second-order valence-electron chi connectivity index (χ2n) is 11.0. The third-order valence-electron chi connectivity index (χ3n) is 9.60. The molecule has 0 spiro atoms. The summed E-state index contributed by atoms with van der Waals surface area (Å²) in [5, 5.41) is 0. The Bertz CT molecular complexity index is 767. The highest BCUT2D eigenvalue weighted by Crippen LogP contribution is 2.65. The summed E-state index contributed by atoms with van der Waals surface area (Å²) < 4.78 is 0. The van der Waals surface area contributed by atoms with Crippen LogP contribution in [0.2, 0.25) is 0 Å². The van der Waals surface area contributed by atoms with E-state index in [1.165, 1.54) is 51.4 Å². The molecule has 0 saturated heterocycles. The smallest absolute Gasteiger partial charge is 0.127 e. The van der Waals surface area contributed by atoms with Crippen LogP contribution in [0.3, 0.4) is 0 Å². The van der Waals surface area contributed by atoms with E-state index < -0.39 is 0 Å². The molecule has 3 saturated carbocycles. The minimum absolute atomic E-state index is 0.0783. The van der Waals surface area contributed by atoms with Crippen LogP contribution in [0.4, 0.5) is 0 Å². The first kappa shape index (κ1) is 20.9. The van der Waals surface area contributed by atoms with Crippen molar-refractivity contribution in [3.63, 3.8) is 0 Å². The Kier molecular flexibility index (Phi) is 5.55. The van der Waals surface area contributed by atoms with Gasteiger partial charge < -0.3 is 4.79 Å². The van der Waals surface area contributed by atoms with Crippen LogP contribution >= 0.6 is 0 Å². The first-order valence-corrected chi connectivity index (χ1v) is 12.0. The Labute approximate surface area is 178 Å². The molecule has 0 radical (unpaired) electrons. The lowest BCUT2D eigenvalue weighted by Crippen LogP contribution is -2.45. The van der Waals surface area contributed by atoms with E-state index in [4.69, 9.17) is 0 Å². The van der Waals surface area contributed by atoms with Gasteiger partial charge in [-0.1, -0.05) is 76.1 Å². The third kappa shape index (κ3) is 3.33. The summed E-state index contributed by atoms with van der Waals surface area (Å²) in [5.41, 5.74) is 5.34. The van der Waals surface area contributed by atoms with Gasteiger partial charge in [-0.15, -0.1) is 0 Å². The van der Waals surface area contributed by atoms with E-state index in [1.54, 1.807) is 11.1 Å². The number of rotatable bonds is 5. The number of hydrogen-bond acceptors (Lipinski definition) is 1. The van der Waals surface area contributed by atoms with E-state index >= 15 is 0 Å². The van der Waals surface area contributed by atoms with Gasteiger partial charge in [0.25, 0.3) is 0 Å². The van der Waals surface area contributed by atoms with Crippen LogP contribution in [0.5, 0.6) is 0 Å². The lowest BCUT2D eigenvalue weighted by atomic mass is 9.50. The highest BCUT2D eigenvalue weighted by atomic mass is 16.1. The molecule has 29 heavy (non-hydrogen) atoms. The van der Waals surface area contributed by atoms with E-state index in [-0.39, 0.29) is 5.92 Å². The van der Waals surface area contributed by atoms with Crippen molar-refractivity contribution >= 4 is 6.29 Å². The fourth-order valence-corrected chi connectivity index (χ4v) is 7.59. The van der Waals surface area contributed by atoms with Crippen molar-refractivity contribution in [2.45, 2.75) is 79.1 Å².